The zero-order valence-corrected chi connectivity index (χ0v) is 17.5. The molecule has 0 aliphatic heterocycles. The maximum atomic E-state index is 12.0. The van der Waals surface area contributed by atoms with Gasteiger partial charge in [-0.1, -0.05) is 6.07 Å². The number of methoxy groups -OCH3 is 2. The number of thiazole rings is 1. The molecule has 0 radical (unpaired) electrons. The molecule has 2 rings (SSSR count). The highest BCUT2D eigenvalue weighted by molar-refractivity contribution is 7.15. The minimum atomic E-state index is -0.290. The van der Waals surface area contributed by atoms with E-state index in [9.17, 15) is 9.59 Å². The summed E-state index contributed by atoms with van der Waals surface area (Å²) in [5.41, 5.74) is 9.48. The number of hydrazone groups is 1. The summed E-state index contributed by atoms with van der Waals surface area (Å²) in [6, 6.07) is 5.63. The maximum absolute atomic E-state index is 12.0. The van der Waals surface area contributed by atoms with Crippen molar-refractivity contribution < 1.29 is 19.1 Å². The Morgan fingerprint density at radius 3 is 2.62 bits per heavy atom. The van der Waals surface area contributed by atoms with E-state index in [0.717, 1.165) is 10.4 Å². The molecule has 2 amide bonds. The van der Waals surface area contributed by atoms with Gasteiger partial charge in [-0.05, 0) is 31.0 Å². The van der Waals surface area contributed by atoms with Crippen molar-refractivity contribution in [1.82, 2.24) is 15.7 Å². The number of aromatic nitrogens is 1. The quantitative estimate of drug-likeness (QED) is 0.396. The van der Waals surface area contributed by atoms with Crippen LogP contribution in [-0.4, -0.2) is 43.3 Å². The highest BCUT2D eigenvalue weighted by atomic mass is 32.1. The third-order valence-corrected chi connectivity index (χ3v) is 4.70. The normalized spacial score (nSPS) is 11.1. The van der Waals surface area contributed by atoms with Crippen LogP contribution in [0.25, 0.3) is 0 Å². The standard InChI is InChI=1S/C19H25N5O4S/c1-12(23-24-18(26)10-14-11-22-19(20)29-14)8-17(25)21-7-6-13-4-5-15(27-2)16(9-13)28-3/h4-5,9,11H,6-8,10H2,1-3H3,(H2,20,22)(H,21,25)(H,24,26)/b23-12+. The van der Waals surface area contributed by atoms with Gasteiger partial charge in [-0.3, -0.25) is 9.59 Å². The van der Waals surface area contributed by atoms with Gasteiger partial charge in [0.1, 0.15) is 0 Å². The minimum absolute atomic E-state index is 0.0969. The van der Waals surface area contributed by atoms with E-state index >= 15 is 0 Å². The third kappa shape index (κ3) is 7.41. The monoisotopic (exact) mass is 419 g/mol. The molecule has 0 fully saturated rings. The van der Waals surface area contributed by atoms with Crippen LogP contribution in [0, 0.1) is 0 Å². The highest BCUT2D eigenvalue weighted by Crippen LogP contribution is 2.27. The second kappa shape index (κ2) is 11.0. The summed E-state index contributed by atoms with van der Waals surface area (Å²) in [4.78, 5) is 28.5. The SMILES string of the molecule is COc1ccc(CCNC(=O)C/C(C)=N/NC(=O)Cc2cnc(N)s2)cc1OC. The van der Waals surface area contributed by atoms with Crippen molar-refractivity contribution in [3.63, 3.8) is 0 Å². The molecular formula is C19H25N5O4S. The Bertz CT molecular complexity index is 881. The molecule has 0 atom stereocenters. The highest BCUT2D eigenvalue weighted by Gasteiger charge is 2.08. The largest absolute Gasteiger partial charge is 0.493 e. The summed E-state index contributed by atoms with van der Waals surface area (Å²) < 4.78 is 10.5. The van der Waals surface area contributed by atoms with E-state index in [4.69, 9.17) is 15.2 Å². The Morgan fingerprint density at radius 2 is 1.97 bits per heavy atom. The van der Waals surface area contributed by atoms with Crippen molar-refractivity contribution in [2.24, 2.45) is 5.10 Å². The number of carbonyl (C=O) groups is 2. The lowest BCUT2D eigenvalue weighted by molar-refractivity contribution is -0.121. The molecule has 1 aromatic heterocycles. The van der Waals surface area contributed by atoms with Crippen LogP contribution >= 0.6 is 11.3 Å². The number of nitrogens with two attached hydrogens (primary N) is 1. The van der Waals surface area contributed by atoms with Gasteiger partial charge in [-0.2, -0.15) is 5.10 Å². The molecule has 1 aromatic carbocycles. The van der Waals surface area contributed by atoms with Crippen LogP contribution in [0.4, 0.5) is 5.13 Å². The molecule has 156 valence electrons. The summed E-state index contributed by atoms with van der Waals surface area (Å²) in [6.07, 6.45) is 2.45. The van der Waals surface area contributed by atoms with E-state index in [0.29, 0.717) is 35.3 Å². The average molecular weight is 420 g/mol. The summed E-state index contributed by atoms with van der Waals surface area (Å²) >= 11 is 1.25. The number of nitrogen functional groups attached to an aromatic ring is 1. The van der Waals surface area contributed by atoms with Gasteiger partial charge in [0.2, 0.25) is 11.8 Å². The Kier molecular flexibility index (Phi) is 8.41. The molecular weight excluding hydrogens is 394 g/mol. The molecule has 2 aromatic rings. The first kappa shape index (κ1) is 22.2. The molecule has 10 heteroatoms. The number of benzene rings is 1. The fourth-order valence-corrected chi connectivity index (χ4v) is 3.16. The topological polar surface area (TPSA) is 128 Å². The van der Waals surface area contributed by atoms with Gasteiger partial charge in [0, 0.05) is 23.3 Å². The summed E-state index contributed by atoms with van der Waals surface area (Å²) in [6.45, 7) is 2.15. The Hall–Kier alpha value is -3.14. The van der Waals surface area contributed by atoms with E-state index in [1.54, 1.807) is 27.3 Å². The van der Waals surface area contributed by atoms with E-state index in [2.05, 4.69) is 20.8 Å². The Labute approximate surface area is 173 Å². The lowest BCUT2D eigenvalue weighted by Gasteiger charge is -2.10. The van der Waals surface area contributed by atoms with Crippen LogP contribution in [0.3, 0.4) is 0 Å². The predicted molar refractivity (Wildman–Crippen MR) is 112 cm³/mol. The molecule has 4 N–H and O–H groups in total. The smallest absolute Gasteiger partial charge is 0.245 e. The summed E-state index contributed by atoms with van der Waals surface area (Å²) in [5.74, 6) is 0.849. The predicted octanol–water partition coefficient (Wildman–Crippen LogP) is 1.53. The summed E-state index contributed by atoms with van der Waals surface area (Å²) in [7, 11) is 3.16. The molecule has 0 unspecified atom stereocenters. The van der Waals surface area contributed by atoms with Gasteiger partial charge in [-0.15, -0.1) is 11.3 Å². The van der Waals surface area contributed by atoms with Crippen molar-refractivity contribution in [2.45, 2.75) is 26.2 Å². The number of ether oxygens (including phenoxy) is 2. The number of carbonyl (C=O) groups excluding carboxylic acids is 2. The second-order valence-corrected chi connectivity index (χ2v) is 7.34. The van der Waals surface area contributed by atoms with Gasteiger partial charge >= 0.3 is 0 Å². The number of nitrogens with one attached hydrogen (secondary N) is 2. The van der Waals surface area contributed by atoms with E-state index in [-0.39, 0.29) is 24.7 Å². The number of anilines is 1. The van der Waals surface area contributed by atoms with Gasteiger partial charge in [0.25, 0.3) is 0 Å². The zero-order valence-electron chi connectivity index (χ0n) is 16.7. The molecule has 0 aliphatic rings. The fraction of sp³-hybridized carbons (Fsp3) is 0.368. The molecule has 0 aliphatic carbocycles. The first-order valence-corrected chi connectivity index (χ1v) is 9.72. The number of nitrogens with zero attached hydrogens (tertiary/aromatic N) is 2. The zero-order chi connectivity index (χ0) is 21.2. The molecule has 0 bridgehead atoms. The van der Waals surface area contributed by atoms with Crippen LogP contribution in [-0.2, 0) is 22.4 Å². The summed E-state index contributed by atoms with van der Waals surface area (Å²) in [5, 5.41) is 7.20. The van der Waals surface area contributed by atoms with Crippen molar-refractivity contribution in [3.8, 4) is 11.5 Å². The minimum Gasteiger partial charge on any atom is -0.493 e. The van der Waals surface area contributed by atoms with Gasteiger partial charge in [0.05, 0.1) is 27.1 Å². The van der Waals surface area contributed by atoms with Crippen molar-refractivity contribution in [3.05, 3.63) is 34.8 Å². The van der Waals surface area contributed by atoms with Gasteiger partial charge in [-0.25, -0.2) is 10.4 Å². The number of hydrogen-bond acceptors (Lipinski definition) is 8. The van der Waals surface area contributed by atoms with Crippen molar-refractivity contribution in [1.29, 1.82) is 0 Å². The maximum Gasteiger partial charge on any atom is 0.245 e. The average Bonchev–Trinajstić information content (AvgIpc) is 3.10. The lowest BCUT2D eigenvalue weighted by atomic mass is 10.1. The lowest BCUT2D eigenvalue weighted by Crippen LogP contribution is -2.28. The third-order valence-electron chi connectivity index (χ3n) is 3.88. The van der Waals surface area contributed by atoms with Gasteiger partial charge < -0.3 is 20.5 Å². The molecule has 0 spiro atoms. The molecule has 29 heavy (non-hydrogen) atoms. The van der Waals surface area contributed by atoms with E-state index < -0.39 is 0 Å². The van der Waals surface area contributed by atoms with Crippen LogP contribution in [0.5, 0.6) is 11.5 Å². The van der Waals surface area contributed by atoms with E-state index in [1.165, 1.54) is 11.3 Å². The first-order chi connectivity index (χ1) is 13.9. The number of rotatable bonds is 10. The molecule has 9 nitrogen and oxygen atoms in total. The molecule has 1 heterocycles. The first-order valence-electron chi connectivity index (χ1n) is 8.91. The molecule has 0 saturated heterocycles. The Balaban J connectivity index is 1.72. The Morgan fingerprint density at radius 1 is 1.21 bits per heavy atom. The van der Waals surface area contributed by atoms with Crippen LogP contribution in [0.15, 0.2) is 29.5 Å². The molecule has 0 saturated carbocycles. The van der Waals surface area contributed by atoms with E-state index in [1.807, 2.05) is 18.2 Å². The van der Waals surface area contributed by atoms with Crippen molar-refractivity contribution in [2.75, 3.05) is 26.5 Å². The van der Waals surface area contributed by atoms with Crippen LogP contribution in [0.2, 0.25) is 0 Å². The fourth-order valence-electron chi connectivity index (χ4n) is 2.48. The second-order valence-electron chi connectivity index (χ2n) is 6.19. The van der Waals surface area contributed by atoms with Crippen LogP contribution in [0.1, 0.15) is 23.8 Å². The number of amides is 2. The van der Waals surface area contributed by atoms with Crippen molar-refractivity contribution >= 4 is 34.0 Å². The van der Waals surface area contributed by atoms with Crippen LogP contribution < -0.4 is 25.9 Å². The number of hydrogen-bond donors (Lipinski definition) is 3. The van der Waals surface area contributed by atoms with Gasteiger partial charge in [0.15, 0.2) is 16.6 Å².